The van der Waals surface area contributed by atoms with Crippen LogP contribution in [0.3, 0.4) is 0 Å². The van der Waals surface area contributed by atoms with Gasteiger partial charge in [0.25, 0.3) is 5.91 Å². The van der Waals surface area contributed by atoms with Crippen molar-refractivity contribution in [2.24, 2.45) is 5.92 Å². The van der Waals surface area contributed by atoms with Gasteiger partial charge in [0.1, 0.15) is 6.10 Å². The Balaban J connectivity index is 1.70. The molecule has 2 aliphatic rings. The maximum atomic E-state index is 12.1. The van der Waals surface area contributed by atoms with Crippen molar-refractivity contribution in [2.45, 2.75) is 38.2 Å². The van der Waals surface area contributed by atoms with E-state index in [0.717, 1.165) is 25.4 Å². The van der Waals surface area contributed by atoms with E-state index in [1.54, 1.807) is 0 Å². The number of nitrogens with zero attached hydrogens (tertiary/aromatic N) is 1. The molecule has 0 radical (unpaired) electrons. The Morgan fingerprint density at radius 2 is 2.18 bits per heavy atom. The zero-order valence-electron chi connectivity index (χ0n) is 10.8. The number of hydrogen-bond donors (Lipinski definition) is 1. The van der Waals surface area contributed by atoms with E-state index in [1.807, 2.05) is 11.9 Å². The minimum Gasteiger partial charge on any atom is -0.366 e. The standard InChI is InChI=1S/C13H24N2O2/c1-15(8-6-11-4-2-3-5-11)13(16)12-10-14-7-9-17-12/h11-12,14H,2-10H2,1H3. The number of ether oxygens (including phenoxy) is 1. The molecule has 1 aliphatic heterocycles. The van der Waals surface area contributed by atoms with E-state index in [9.17, 15) is 4.79 Å². The van der Waals surface area contributed by atoms with E-state index in [0.29, 0.717) is 13.2 Å². The van der Waals surface area contributed by atoms with Gasteiger partial charge in [0.05, 0.1) is 6.61 Å². The average Bonchev–Trinajstić information content (AvgIpc) is 2.89. The normalized spacial score (nSPS) is 26.1. The number of likely N-dealkylation sites (N-methyl/N-ethyl adjacent to an activating group) is 1. The van der Waals surface area contributed by atoms with Gasteiger partial charge >= 0.3 is 0 Å². The quantitative estimate of drug-likeness (QED) is 0.797. The lowest BCUT2D eigenvalue weighted by Crippen LogP contribution is -2.48. The minimum absolute atomic E-state index is 0.134. The molecule has 0 aromatic carbocycles. The average molecular weight is 240 g/mol. The summed E-state index contributed by atoms with van der Waals surface area (Å²) in [5, 5.41) is 3.20. The third-order valence-electron chi connectivity index (χ3n) is 3.93. The molecule has 1 heterocycles. The van der Waals surface area contributed by atoms with Crippen LogP contribution in [0.4, 0.5) is 0 Å². The third kappa shape index (κ3) is 3.68. The van der Waals surface area contributed by atoms with Crippen LogP contribution in [0.2, 0.25) is 0 Å². The first-order valence-corrected chi connectivity index (χ1v) is 6.84. The molecule has 0 aromatic heterocycles. The molecule has 1 aliphatic carbocycles. The van der Waals surface area contributed by atoms with Crippen molar-refractivity contribution in [1.82, 2.24) is 10.2 Å². The maximum absolute atomic E-state index is 12.1. The summed E-state index contributed by atoms with van der Waals surface area (Å²) in [6.45, 7) is 3.04. The Labute approximate surface area is 104 Å². The van der Waals surface area contributed by atoms with Crippen LogP contribution in [0.15, 0.2) is 0 Å². The van der Waals surface area contributed by atoms with E-state index < -0.39 is 0 Å². The Morgan fingerprint density at radius 3 is 2.82 bits per heavy atom. The Hall–Kier alpha value is -0.610. The highest BCUT2D eigenvalue weighted by molar-refractivity contribution is 5.81. The first-order valence-electron chi connectivity index (χ1n) is 6.84. The SMILES string of the molecule is CN(CCC1CCCC1)C(=O)C1CNCCO1. The Bertz CT molecular complexity index is 246. The summed E-state index contributed by atoms with van der Waals surface area (Å²) in [4.78, 5) is 13.9. The Morgan fingerprint density at radius 1 is 1.41 bits per heavy atom. The predicted molar refractivity (Wildman–Crippen MR) is 66.8 cm³/mol. The van der Waals surface area contributed by atoms with E-state index >= 15 is 0 Å². The zero-order valence-corrected chi connectivity index (χ0v) is 10.8. The molecule has 4 heteroatoms. The van der Waals surface area contributed by atoms with E-state index in [-0.39, 0.29) is 12.0 Å². The van der Waals surface area contributed by atoms with Crippen molar-refractivity contribution < 1.29 is 9.53 Å². The molecule has 1 saturated carbocycles. The lowest BCUT2D eigenvalue weighted by molar-refractivity contribution is -0.144. The van der Waals surface area contributed by atoms with Gasteiger partial charge in [0.15, 0.2) is 0 Å². The number of hydrogen-bond acceptors (Lipinski definition) is 3. The molecule has 17 heavy (non-hydrogen) atoms. The first-order chi connectivity index (χ1) is 8.27. The number of carbonyl (C=O) groups excluding carboxylic acids is 1. The van der Waals surface area contributed by atoms with Gasteiger partial charge < -0.3 is 15.0 Å². The lowest BCUT2D eigenvalue weighted by atomic mass is 10.0. The summed E-state index contributed by atoms with van der Waals surface area (Å²) in [6.07, 6.45) is 6.34. The second-order valence-electron chi connectivity index (χ2n) is 5.26. The van der Waals surface area contributed by atoms with Gasteiger partial charge in [0, 0.05) is 26.7 Å². The molecule has 2 fully saturated rings. The van der Waals surface area contributed by atoms with Gasteiger partial charge in [-0.3, -0.25) is 4.79 Å². The van der Waals surface area contributed by atoms with Crippen LogP contribution < -0.4 is 5.32 Å². The van der Waals surface area contributed by atoms with Crippen LogP contribution in [0, 0.1) is 5.92 Å². The summed E-state index contributed by atoms with van der Waals surface area (Å²) < 4.78 is 5.48. The zero-order chi connectivity index (χ0) is 12.1. The molecule has 98 valence electrons. The van der Waals surface area contributed by atoms with Crippen molar-refractivity contribution in [3.05, 3.63) is 0 Å². The molecular weight excluding hydrogens is 216 g/mol. The van der Waals surface area contributed by atoms with Crippen molar-refractivity contribution in [3.63, 3.8) is 0 Å². The number of carbonyl (C=O) groups is 1. The van der Waals surface area contributed by atoms with Gasteiger partial charge in [-0.1, -0.05) is 25.7 Å². The van der Waals surface area contributed by atoms with Gasteiger partial charge in [-0.05, 0) is 12.3 Å². The topological polar surface area (TPSA) is 41.6 Å². The van der Waals surface area contributed by atoms with Crippen LogP contribution in [-0.4, -0.2) is 50.2 Å². The van der Waals surface area contributed by atoms with Crippen LogP contribution in [0.1, 0.15) is 32.1 Å². The van der Waals surface area contributed by atoms with E-state index in [2.05, 4.69) is 5.32 Å². The summed E-state index contributed by atoms with van der Waals surface area (Å²) in [7, 11) is 1.90. The summed E-state index contributed by atoms with van der Waals surface area (Å²) in [6, 6.07) is 0. The second kappa shape index (κ2) is 6.36. The molecule has 4 nitrogen and oxygen atoms in total. The van der Waals surface area contributed by atoms with E-state index in [4.69, 9.17) is 4.74 Å². The fourth-order valence-corrected chi connectivity index (χ4v) is 2.76. The second-order valence-corrected chi connectivity index (χ2v) is 5.26. The fraction of sp³-hybridized carbons (Fsp3) is 0.923. The van der Waals surface area contributed by atoms with Gasteiger partial charge in [-0.25, -0.2) is 0 Å². The highest BCUT2D eigenvalue weighted by Gasteiger charge is 2.25. The minimum atomic E-state index is -0.266. The molecule has 1 atom stereocenters. The molecule has 1 saturated heterocycles. The van der Waals surface area contributed by atoms with E-state index in [1.165, 1.54) is 25.7 Å². The molecule has 0 aromatic rings. The molecule has 1 N–H and O–H groups in total. The number of rotatable bonds is 4. The number of amides is 1. The van der Waals surface area contributed by atoms with Crippen molar-refractivity contribution >= 4 is 5.91 Å². The monoisotopic (exact) mass is 240 g/mol. The smallest absolute Gasteiger partial charge is 0.252 e. The fourth-order valence-electron chi connectivity index (χ4n) is 2.76. The third-order valence-corrected chi connectivity index (χ3v) is 3.93. The van der Waals surface area contributed by atoms with Crippen molar-refractivity contribution in [3.8, 4) is 0 Å². The molecular formula is C13H24N2O2. The highest BCUT2D eigenvalue weighted by Crippen LogP contribution is 2.27. The van der Waals surface area contributed by atoms with Crippen LogP contribution in [0.25, 0.3) is 0 Å². The first kappa shape index (κ1) is 12.8. The number of nitrogens with one attached hydrogen (secondary N) is 1. The predicted octanol–water partition coefficient (Wildman–Crippen LogP) is 1.01. The molecule has 1 unspecified atom stereocenters. The Kier molecular flexibility index (Phi) is 4.80. The van der Waals surface area contributed by atoms with Crippen molar-refractivity contribution in [2.75, 3.05) is 33.3 Å². The molecule has 2 rings (SSSR count). The maximum Gasteiger partial charge on any atom is 0.252 e. The molecule has 0 spiro atoms. The highest BCUT2D eigenvalue weighted by atomic mass is 16.5. The molecule has 1 amide bonds. The summed E-state index contributed by atoms with van der Waals surface area (Å²) in [5.74, 6) is 0.978. The molecule has 0 bridgehead atoms. The number of morpholine rings is 1. The largest absolute Gasteiger partial charge is 0.366 e. The van der Waals surface area contributed by atoms with Crippen molar-refractivity contribution in [1.29, 1.82) is 0 Å². The van der Waals surface area contributed by atoms with Gasteiger partial charge in [-0.2, -0.15) is 0 Å². The lowest BCUT2D eigenvalue weighted by Gasteiger charge is -2.27. The van der Waals surface area contributed by atoms with Crippen LogP contribution in [0.5, 0.6) is 0 Å². The van der Waals surface area contributed by atoms with Gasteiger partial charge in [-0.15, -0.1) is 0 Å². The summed E-state index contributed by atoms with van der Waals surface area (Å²) in [5.41, 5.74) is 0. The van der Waals surface area contributed by atoms with Crippen LogP contribution in [-0.2, 0) is 9.53 Å². The summed E-state index contributed by atoms with van der Waals surface area (Å²) >= 11 is 0. The van der Waals surface area contributed by atoms with Gasteiger partial charge in [0.2, 0.25) is 0 Å². The van der Waals surface area contributed by atoms with Crippen LogP contribution >= 0.6 is 0 Å².